The summed E-state index contributed by atoms with van der Waals surface area (Å²) in [5.74, 6) is -0.0233. The maximum absolute atomic E-state index is 11.0. The van der Waals surface area contributed by atoms with Crippen molar-refractivity contribution < 1.29 is 27.8 Å². The lowest BCUT2D eigenvalue weighted by molar-refractivity contribution is -0.131. The zero-order chi connectivity index (χ0) is 15.9. The van der Waals surface area contributed by atoms with Gasteiger partial charge in [0, 0.05) is 12.3 Å². The van der Waals surface area contributed by atoms with Gasteiger partial charge >= 0.3 is 5.97 Å². The topological polar surface area (TPSA) is 89.9 Å². The van der Waals surface area contributed by atoms with Crippen LogP contribution in [0.3, 0.4) is 0 Å². The van der Waals surface area contributed by atoms with Gasteiger partial charge in [0.1, 0.15) is 9.84 Å². The molecule has 0 atom stereocenters. The van der Waals surface area contributed by atoms with Crippen molar-refractivity contribution >= 4 is 21.9 Å². The number of carboxylic acid groups (broad SMARTS) is 1. The molecule has 0 unspecified atom stereocenters. The Kier molecular flexibility index (Phi) is 6.23. The molecule has 0 saturated heterocycles. The molecule has 116 valence electrons. The smallest absolute Gasteiger partial charge is 0.328 e. The third kappa shape index (κ3) is 6.80. The Hall–Kier alpha value is -2.02. The van der Waals surface area contributed by atoms with Gasteiger partial charge in [-0.15, -0.1) is 0 Å². The Morgan fingerprint density at radius 1 is 1.33 bits per heavy atom. The van der Waals surface area contributed by atoms with Crippen LogP contribution >= 0.6 is 0 Å². The zero-order valence-corrected chi connectivity index (χ0v) is 12.7. The van der Waals surface area contributed by atoms with Crippen LogP contribution in [0.15, 0.2) is 24.3 Å². The van der Waals surface area contributed by atoms with Gasteiger partial charge < -0.3 is 14.6 Å². The van der Waals surface area contributed by atoms with Gasteiger partial charge in [-0.25, -0.2) is 13.2 Å². The van der Waals surface area contributed by atoms with Gasteiger partial charge in [0.05, 0.1) is 19.5 Å². The van der Waals surface area contributed by atoms with E-state index in [4.69, 9.17) is 14.6 Å². The summed E-state index contributed by atoms with van der Waals surface area (Å²) in [4.78, 5) is 10.5. The molecule has 0 radical (unpaired) electrons. The van der Waals surface area contributed by atoms with E-state index < -0.39 is 15.8 Å². The molecular weight excluding hydrogens is 296 g/mol. The Labute approximate surface area is 123 Å². The summed E-state index contributed by atoms with van der Waals surface area (Å²) in [6.45, 7) is 0.258. The molecule has 0 aliphatic rings. The predicted octanol–water partition coefficient (Wildman–Crippen LogP) is 1.61. The van der Waals surface area contributed by atoms with Crippen LogP contribution in [-0.2, 0) is 14.6 Å². The molecule has 21 heavy (non-hydrogen) atoms. The molecule has 0 aromatic heterocycles. The molecule has 0 saturated carbocycles. The van der Waals surface area contributed by atoms with E-state index in [-0.39, 0.29) is 12.4 Å². The van der Waals surface area contributed by atoms with E-state index >= 15 is 0 Å². The van der Waals surface area contributed by atoms with Crippen molar-refractivity contribution in [2.24, 2.45) is 0 Å². The number of carbonyl (C=O) groups is 1. The van der Waals surface area contributed by atoms with Crippen LogP contribution in [0.25, 0.3) is 6.08 Å². The second-order valence-electron chi connectivity index (χ2n) is 4.41. The molecule has 0 spiro atoms. The molecule has 0 fully saturated rings. The van der Waals surface area contributed by atoms with E-state index in [1.54, 1.807) is 18.2 Å². The van der Waals surface area contributed by atoms with Gasteiger partial charge in [0.15, 0.2) is 11.5 Å². The highest BCUT2D eigenvalue weighted by Gasteiger charge is 2.06. The minimum absolute atomic E-state index is 0.0642. The normalized spacial score (nSPS) is 11.5. The molecule has 7 heteroatoms. The average Bonchev–Trinajstić information content (AvgIpc) is 2.40. The van der Waals surface area contributed by atoms with Crippen molar-refractivity contribution in [1.82, 2.24) is 0 Å². The Morgan fingerprint density at radius 3 is 2.62 bits per heavy atom. The minimum Gasteiger partial charge on any atom is -0.493 e. The molecule has 1 N–H and O–H groups in total. The summed E-state index contributed by atoms with van der Waals surface area (Å²) in [5.41, 5.74) is 0.665. The fourth-order valence-electron chi connectivity index (χ4n) is 1.58. The SMILES string of the molecule is COc1cc(C=CC(=O)O)ccc1OCCCS(C)(=O)=O. The lowest BCUT2D eigenvalue weighted by atomic mass is 10.2. The quantitative estimate of drug-likeness (QED) is 0.579. The average molecular weight is 314 g/mol. The number of hydrogen-bond acceptors (Lipinski definition) is 5. The van der Waals surface area contributed by atoms with Crippen LogP contribution in [-0.4, -0.2) is 45.2 Å². The van der Waals surface area contributed by atoms with Gasteiger partial charge in [0.25, 0.3) is 0 Å². The number of methoxy groups -OCH3 is 1. The fraction of sp³-hybridized carbons (Fsp3) is 0.357. The first-order valence-corrected chi connectivity index (χ1v) is 8.27. The van der Waals surface area contributed by atoms with Crippen LogP contribution in [0, 0.1) is 0 Å². The van der Waals surface area contributed by atoms with E-state index in [1.807, 2.05) is 0 Å². The van der Waals surface area contributed by atoms with Gasteiger partial charge in [-0.2, -0.15) is 0 Å². The number of benzene rings is 1. The molecule has 1 rings (SSSR count). The van der Waals surface area contributed by atoms with E-state index in [9.17, 15) is 13.2 Å². The highest BCUT2D eigenvalue weighted by Crippen LogP contribution is 2.28. The highest BCUT2D eigenvalue weighted by atomic mass is 32.2. The van der Waals surface area contributed by atoms with Crippen LogP contribution < -0.4 is 9.47 Å². The fourth-order valence-corrected chi connectivity index (χ4v) is 2.22. The van der Waals surface area contributed by atoms with Crippen molar-refractivity contribution in [3.05, 3.63) is 29.8 Å². The number of ether oxygens (including phenoxy) is 2. The van der Waals surface area contributed by atoms with Crippen LogP contribution in [0.4, 0.5) is 0 Å². The van der Waals surface area contributed by atoms with Gasteiger partial charge in [-0.05, 0) is 30.2 Å². The van der Waals surface area contributed by atoms with E-state index in [2.05, 4.69) is 0 Å². The van der Waals surface area contributed by atoms with Crippen molar-refractivity contribution in [3.8, 4) is 11.5 Å². The van der Waals surface area contributed by atoms with Crippen molar-refractivity contribution in [2.75, 3.05) is 25.7 Å². The highest BCUT2D eigenvalue weighted by molar-refractivity contribution is 7.90. The first-order chi connectivity index (χ1) is 9.81. The second-order valence-corrected chi connectivity index (χ2v) is 6.67. The molecule has 0 bridgehead atoms. The van der Waals surface area contributed by atoms with E-state index in [1.165, 1.54) is 19.4 Å². The third-order valence-corrected chi connectivity index (χ3v) is 3.55. The summed E-state index contributed by atoms with van der Waals surface area (Å²) in [6, 6.07) is 4.99. The second kappa shape index (κ2) is 7.68. The number of sulfone groups is 1. The number of carboxylic acids is 1. The monoisotopic (exact) mass is 314 g/mol. The summed E-state index contributed by atoms with van der Waals surface area (Å²) >= 11 is 0. The molecule has 0 heterocycles. The Morgan fingerprint density at radius 2 is 2.05 bits per heavy atom. The zero-order valence-electron chi connectivity index (χ0n) is 11.9. The lowest BCUT2D eigenvalue weighted by Gasteiger charge is -2.11. The molecule has 1 aromatic carbocycles. The van der Waals surface area contributed by atoms with Crippen LogP contribution in [0.2, 0.25) is 0 Å². The van der Waals surface area contributed by atoms with Gasteiger partial charge in [-0.1, -0.05) is 6.07 Å². The Balaban J connectivity index is 2.68. The van der Waals surface area contributed by atoms with E-state index in [0.29, 0.717) is 23.5 Å². The first kappa shape index (κ1) is 17.0. The maximum Gasteiger partial charge on any atom is 0.328 e. The molecule has 6 nitrogen and oxygen atoms in total. The van der Waals surface area contributed by atoms with Crippen LogP contribution in [0.5, 0.6) is 11.5 Å². The number of aliphatic carboxylic acids is 1. The van der Waals surface area contributed by atoms with Gasteiger partial charge in [-0.3, -0.25) is 0 Å². The molecular formula is C14H18O6S. The van der Waals surface area contributed by atoms with E-state index in [0.717, 1.165) is 6.08 Å². The molecule has 1 aromatic rings. The summed E-state index contributed by atoms with van der Waals surface area (Å²) < 4.78 is 32.6. The first-order valence-electron chi connectivity index (χ1n) is 6.21. The number of rotatable bonds is 8. The summed E-state index contributed by atoms with van der Waals surface area (Å²) in [5, 5.41) is 8.57. The predicted molar refractivity (Wildman–Crippen MR) is 79.5 cm³/mol. The maximum atomic E-state index is 11.0. The molecule has 0 aliphatic carbocycles. The Bertz CT molecular complexity index is 618. The molecule has 0 aliphatic heterocycles. The van der Waals surface area contributed by atoms with Crippen molar-refractivity contribution in [2.45, 2.75) is 6.42 Å². The minimum atomic E-state index is -2.99. The van der Waals surface area contributed by atoms with Crippen LogP contribution in [0.1, 0.15) is 12.0 Å². The molecule has 0 amide bonds. The number of hydrogen-bond donors (Lipinski definition) is 1. The third-order valence-electron chi connectivity index (χ3n) is 2.52. The van der Waals surface area contributed by atoms with Gasteiger partial charge in [0.2, 0.25) is 0 Å². The lowest BCUT2D eigenvalue weighted by Crippen LogP contribution is -2.08. The van der Waals surface area contributed by atoms with Crippen molar-refractivity contribution in [1.29, 1.82) is 0 Å². The summed E-state index contributed by atoms with van der Waals surface area (Å²) in [6.07, 6.45) is 4.04. The largest absolute Gasteiger partial charge is 0.493 e. The summed E-state index contributed by atoms with van der Waals surface area (Å²) in [7, 11) is -1.52. The van der Waals surface area contributed by atoms with Crippen molar-refractivity contribution in [3.63, 3.8) is 0 Å². The standard InChI is InChI=1S/C14H18O6S/c1-19-13-10-11(5-7-14(15)16)4-6-12(13)20-8-3-9-21(2,17)18/h4-7,10H,3,8-9H2,1-2H3,(H,15,16).